The fourth-order valence-corrected chi connectivity index (χ4v) is 1.72. The van der Waals surface area contributed by atoms with Gasteiger partial charge in [-0.15, -0.1) is 0 Å². The number of carbonyl (C=O) groups is 3. The number of imide groups is 1. The van der Waals surface area contributed by atoms with E-state index in [2.05, 4.69) is 18.5 Å². The molecule has 0 atom stereocenters. The molecule has 6 nitrogen and oxygen atoms in total. The summed E-state index contributed by atoms with van der Waals surface area (Å²) >= 11 is 0. The molecule has 0 saturated heterocycles. The highest BCUT2D eigenvalue weighted by atomic mass is 16.6. The lowest BCUT2D eigenvalue weighted by Gasteiger charge is -2.25. The van der Waals surface area contributed by atoms with E-state index in [0.717, 1.165) is 10.5 Å². The number of nitrogens with one attached hydrogen (secondary N) is 1. The largest absolute Gasteiger partial charge is 0.443 e. The van der Waals surface area contributed by atoms with E-state index in [-0.39, 0.29) is 12.5 Å². The summed E-state index contributed by atoms with van der Waals surface area (Å²) in [6.07, 6.45) is 5.86. The smallest absolute Gasteiger partial charge is 0.417 e. The van der Waals surface area contributed by atoms with Gasteiger partial charge < -0.3 is 10.1 Å². The first-order chi connectivity index (χ1) is 12.0. The monoisotopic (exact) mass is 362 g/mol. The minimum absolute atomic E-state index is 0.0978. The molecule has 3 amide bonds. The van der Waals surface area contributed by atoms with Crippen LogP contribution in [0, 0.1) is 0 Å². The molecule has 144 valence electrons. The second-order valence-electron chi connectivity index (χ2n) is 6.97. The lowest BCUT2D eigenvalue weighted by Crippen LogP contribution is -2.40. The van der Waals surface area contributed by atoms with E-state index in [0.29, 0.717) is 18.5 Å². The third kappa shape index (κ3) is 11.0. The number of allylic oxidation sites excluding steroid dienone is 2. The summed E-state index contributed by atoms with van der Waals surface area (Å²) in [5, 5.41) is 2.66. The van der Waals surface area contributed by atoms with Crippen LogP contribution in [0.1, 0.15) is 41.0 Å². The van der Waals surface area contributed by atoms with Crippen molar-refractivity contribution in [3.8, 4) is 0 Å². The van der Waals surface area contributed by atoms with Crippen LogP contribution in [0.4, 0.5) is 4.79 Å². The summed E-state index contributed by atoms with van der Waals surface area (Å²) in [7, 11) is 0. The Labute approximate surface area is 156 Å². The zero-order chi connectivity index (χ0) is 20.3. The molecule has 6 heteroatoms. The molecular formula is C20H30N2O4. The van der Waals surface area contributed by atoms with E-state index in [1.54, 1.807) is 33.8 Å². The molecule has 0 unspecified atom stereocenters. The Morgan fingerprint density at radius 3 is 2.31 bits per heavy atom. The molecule has 0 aromatic heterocycles. The lowest BCUT2D eigenvalue weighted by molar-refractivity contribution is -0.125. The molecule has 0 aliphatic rings. The van der Waals surface area contributed by atoms with Gasteiger partial charge in [-0.3, -0.25) is 9.59 Å². The number of carbonyl (C=O) groups excluding carboxylic acids is 3. The van der Waals surface area contributed by atoms with Gasteiger partial charge in [-0.2, -0.15) is 0 Å². The molecule has 0 aromatic carbocycles. The average Bonchev–Trinajstić information content (AvgIpc) is 2.52. The fraction of sp³-hybridized carbons (Fsp3) is 0.450. The summed E-state index contributed by atoms with van der Waals surface area (Å²) in [6, 6.07) is 0. The predicted molar refractivity (Wildman–Crippen MR) is 103 cm³/mol. The van der Waals surface area contributed by atoms with Crippen molar-refractivity contribution in [2.75, 3.05) is 13.1 Å². The van der Waals surface area contributed by atoms with Crippen molar-refractivity contribution >= 4 is 17.9 Å². The van der Waals surface area contributed by atoms with E-state index >= 15 is 0 Å². The Hall–Kier alpha value is -2.63. The van der Waals surface area contributed by atoms with Gasteiger partial charge in [0.05, 0.1) is 6.54 Å². The minimum Gasteiger partial charge on any atom is -0.443 e. The van der Waals surface area contributed by atoms with Gasteiger partial charge in [0.15, 0.2) is 0 Å². The Kier molecular flexibility index (Phi) is 9.96. The molecule has 0 aliphatic carbocycles. The van der Waals surface area contributed by atoms with Gasteiger partial charge in [0.1, 0.15) is 5.60 Å². The third-order valence-corrected chi connectivity index (χ3v) is 2.90. The van der Waals surface area contributed by atoms with Crippen LogP contribution in [-0.4, -0.2) is 41.5 Å². The number of rotatable bonds is 8. The summed E-state index contributed by atoms with van der Waals surface area (Å²) in [5.74, 6) is -0.704. The summed E-state index contributed by atoms with van der Waals surface area (Å²) < 4.78 is 5.26. The maximum atomic E-state index is 12.3. The highest BCUT2D eigenvalue weighted by molar-refractivity contribution is 5.98. The Morgan fingerprint density at radius 2 is 1.81 bits per heavy atom. The average molecular weight is 362 g/mol. The first-order valence-electron chi connectivity index (χ1n) is 8.37. The first kappa shape index (κ1) is 23.4. The van der Waals surface area contributed by atoms with Gasteiger partial charge in [-0.05, 0) is 53.2 Å². The molecule has 0 bridgehead atoms. The van der Waals surface area contributed by atoms with E-state index in [9.17, 15) is 14.4 Å². The number of hydrogen-bond acceptors (Lipinski definition) is 4. The van der Waals surface area contributed by atoms with Crippen molar-refractivity contribution in [1.82, 2.24) is 10.2 Å². The molecule has 0 spiro atoms. The minimum atomic E-state index is -0.700. The number of nitrogens with zero attached hydrogens (tertiary/aromatic N) is 1. The molecule has 0 aromatic rings. The van der Waals surface area contributed by atoms with Crippen LogP contribution in [-0.2, 0) is 14.3 Å². The highest BCUT2D eigenvalue weighted by Crippen LogP contribution is 2.11. The van der Waals surface area contributed by atoms with E-state index < -0.39 is 17.6 Å². The van der Waals surface area contributed by atoms with Gasteiger partial charge in [-0.25, -0.2) is 9.69 Å². The van der Waals surface area contributed by atoms with Crippen molar-refractivity contribution < 1.29 is 19.1 Å². The van der Waals surface area contributed by atoms with Crippen molar-refractivity contribution in [1.29, 1.82) is 0 Å². The van der Waals surface area contributed by atoms with Crippen molar-refractivity contribution in [3.05, 3.63) is 48.6 Å². The molecular weight excluding hydrogens is 332 g/mol. The SMILES string of the molecule is C=CC(=O)NC/C(C)=C/C/C=C/C(=O)N(CC(=C)C)C(=O)OC(C)(C)C. The topological polar surface area (TPSA) is 75.7 Å². The molecule has 0 rings (SSSR count). The van der Waals surface area contributed by atoms with Crippen LogP contribution < -0.4 is 5.32 Å². The number of hydrogen-bond donors (Lipinski definition) is 1. The van der Waals surface area contributed by atoms with Crippen LogP contribution in [0.25, 0.3) is 0 Å². The zero-order valence-electron chi connectivity index (χ0n) is 16.4. The van der Waals surface area contributed by atoms with Gasteiger partial charge in [0.2, 0.25) is 5.91 Å². The van der Waals surface area contributed by atoms with Gasteiger partial charge in [0.25, 0.3) is 5.91 Å². The predicted octanol–water partition coefficient (Wildman–Crippen LogP) is 3.52. The second kappa shape index (κ2) is 11.1. The normalized spacial score (nSPS) is 11.8. The van der Waals surface area contributed by atoms with Crippen LogP contribution in [0.3, 0.4) is 0 Å². The second-order valence-corrected chi connectivity index (χ2v) is 6.97. The zero-order valence-corrected chi connectivity index (χ0v) is 16.4. The summed E-state index contributed by atoms with van der Waals surface area (Å²) in [5.41, 5.74) is 0.930. The van der Waals surface area contributed by atoms with E-state index in [1.807, 2.05) is 13.0 Å². The van der Waals surface area contributed by atoms with Crippen LogP contribution in [0.5, 0.6) is 0 Å². The Bertz CT molecular complexity index is 610. The van der Waals surface area contributed by atoms with Gasteiger partial charge in [0, 0.05) is 6.54 Å². The third-order valence-electron chi connectivity index (χ3n) is 2.90. The summed E-state index contributed by atoms with van der Waals surface area (Å²) in [4.78, 5) is 36.6. The maximum Gasteiger partial charge on any atom is 0.417 e. The standard InChI is InChI=1S/C20H30N2O4/c1-8-17(23)21-13-16(4)11-9-10-12-18(24)22(14-15(2)3)19(25)26-20(5,6)7/h8,10-12H,1-2,9,13-14H2,3-7H3,(H,21,23)/b12-10+,16-11+. The Balaban J connectivity index is 4.80. The quantitative estimate of drug-likeness (QED) is 0.529. The summed E-state index contributed by atoms with van der Waals surface area (Å²) in [6.45, 7) is 16.4. The Morgan fingerprint density at radius 1 is 1.19 bits per heavy atom. The van der Waals surface area contributed by atoms with E-state index in [4.69, 9.17) is 4.74 Å². The fourth-order valence-electron chi connectivity index (χ4n) is 1.72. The molecule has 1 N–H and O–H groups in total. The molecule has 0 aliphatic heterocycles. The molecule has 0 fully saturated rings. The van der Waals surface area contributed by atoms with Crippen molar-refractivity contribution in [3.63, 3.8) is 0 Å². The molecule has 0 heterocycles. The van der Waals surface area contributed by atoms with Crippen LogP contribution >= 0.6 is 0 Å². The van der Waals surface area contributed by atoms with Crippen LogP contribution in [0.2, 0.25) is 0 Å². The maximum absolute atomic E-state index is 12.3. The van der Waals surface area contributed by atoms with Gasteiger partial charge in [-0.1, -0.05) is 36.5 Å². The first-order valence-corrected chi connectivity index (χ1v) is 8.37. The van der Waals surface area contributed by atoms with Gasteiger partial charge >= 0.3 is 6.09 Å². The van der Waals surface area contributed by atoms with Crippen molar-refractivity contribution in [2.45, 2.75) is 46.6 Å². The highest BCUT2D eigenvalue weighted by Gasteiger charge is 2.25. The molecule has 26 heavy (non-hydrogen) atoms. The van der Waals surface area contributed by atoms with Crippen molar-refractivity contribution in [2.24, 2.45) is 0 Å². The number of ether oxygens (including phenoxy) is 1. The number of amides is 3. The van der Waals surface area contributed by atoms with E-state index in [1.165, 1.54) is 12.2 Å². The van der Waals surface area contributed by atoms with Crippen LogP contribution in [0.15, 0.2) is 48.6 Å². The molecule has 0 radical (unpaired) electrons. The molecule has 0 saturated carbocycles. The lowest BCUT2D eigenvalue weighted by atomic mass is 10.2.